The van der Waals surface area contributed by atoms with Gasteiger partial charge in [-0.3, -0.25) is 4.79 Å². The Bertz CT molecular complexity index is 512. The average molecular weight is 301 g/mol. The summed E-state index contributed by atoms with van der Waals surface area (Å²) in [6, 6.07) is 0.374. The number of carbonyl (C=O) groups is 1. The lowest BCUT2D eigenvalue weighted by atomic mass is 9.48. The molecule has 0 aromatic carbocycles. The summed E-state index contributed by atoms with van der Waals surface area (Å²) in [7, 11) is 0. The van der Waals surface area contributed by atoms with Crippen LogP contribution in [0.2, 0.25) is 0 Å². The van der Waals surface area contributed by atoms with Gasteiger partial charge in [0.25, 0.3) is 0 Å². The van der Waals surface area contributed by atoms with Gasteiger partial charge in [0.1, 0.15) is 0 Å². The van der Waals surface area contributed by atoms with Crippen LogP contribution >= 0.6 is 0 Å². The first-order valence-electron chi connectivity index (χ1n) is 9.49. The van der Waals surface area contributed by atoms with Crippen molar-refractivity contribution in [2.24, 2.45) is 34.5 Å². The van der Waals surface area contributed by atoms with Crippen molar-refractivity contribution < 1.29 is 4.79 Å². The fourth-order valence-electron chi connectivity index (χ4n) is 7.11. The van der Waals surface area contributed by atoms with Crippen LogP contribution in [0.4, 0.5) is 0 Å². The molecule has 1 unspecified atom stereocenters. The number of hydrogen-bond donors (Lipinski definition) is 1. The fraction of sp³-hybridized carbons (Fsp3) is 0.850. The molecule has 3 aliphatic carbocycles. The van der Waals surface area contributed by atoms with Crippen LogP contribution in [-0.4, -0.2) is 11.9 Å². The second-order valence-electron chi connectivity index (χ2n) is 8.94. The number of amides is 1. The summed E-state index contributed by atoms with van der Waals surface area (Å²) in [6.45, 7) is 7.41. The van der Waals surface area contributed by atoms with Crippen LogP contribution in [0.3, 0.4) is 0 Å². The van der Waals surface area contributed by atoms with Crippen molar-refractivity contribution in [1.82, 2.24) is 5.32 Å². The highest BCUT2D eigenvalue weighted by molar-refractivity contribution is 5.89. The maximum absolute atomic E-state index is 11.7. The summed E-state index contributed by atoms with van der Waals surface area (Å²) in [5.74, 6) is 3.66. The van der Waals surface area contributed by atoms with Gasteiger partial charge in [-0.25, -0.2) is 0 Å². The van der Waals surface area contributed by atoms with E-state index in [9.17, 15) is 4.79 Å². The van der Waals surface area contributed by atoms with E-state index in [0.717, 1.165) is 23.7 Å². The summed E-state index contributed by atoms with van der Waals surface area (Å²) in [6.07, 6.45) is 13.6. The van der Waals surface area contributed by atoms with E-state index in [0.29, 0.717) is 11.5 Å². The zero-order valence-corrected chi connectivity index (χ0v) is 14.4. The van der Waals surface area contributed by atoms with Crippen molar-refractivity contribution in [2.45, 2.75) is 71.8 Å². The Balaban J connectivity index is 1.66. The van der Waals surface area contributed by atoms with Crippen LogP contribution in [0.15, 0.2) is 12.2 Å². The van der Waals surface area contributed by atoms with Crippen LogP contribution in [0.1, 0.15) is 65.7 Å². The Kier molecular flexibility index (Phi) is 3.26. The Morgan fingerprint density at radius 3 is 2.73 bits per heavy atom. The molecular formula is C20H31NO. The lowest BCUT2D eigenvalue weighted by Crippen LogP contribution is -2.59. The maximum Gasteiger partial charge on any atom is 0.243 e. The van der Waals surface area contributed by atoms with E-state index in [1.165, 1.54) is 44.9 Å². The smallest absolute Gasteiger partial charge is 0.243 e. The lowest BCUT2D eigenvalue weighted by molar-refractivity contribution is -0.122. The van der Waals surface area contributed by atoms with E-state index in [-0.39, 0.29) is 11.3 Å². The second-order valence-corrected chi connectivity index (χ2v) is 8.94. The number of nitrogens with one attached hydrogen (secondary N) is 1. The molecule has 2 nitrogen and oxygen atoms in total. The van der Waals surface area contributed by atoms with Gasteiger partial charge in [0, 0.05) is 11.5 Å². The molecule has 7 atom stereocenters. The maximum atomic E-state index is 11.7. The van der Waals surface area contributed by atoms with Crippen molar-refractivity contribution in [2.75, 3.05) is 0 Å². The molecule has 1 heterocycles. The molecular weight excluding hydrogens is 270 g/mol. The van der Waals surface area contributed by atoms with E-state index in [1.807, 2.05) is 0 Å². The zero-order valence-electron chi connectivity index (χ0n) is 14.4. The van der Waals surface area contributed by atoms with E-state index in [4.69, 9.17) is 0 Å². The molecule has 0 radical (unpaired) electrons. The van der Waals surface area contributed by atoms with Gasteiger partial charge >= 0.3 is 0 Å². The van der Waals surface area contributed by atoms with Gasteiger partial charge in [0.05, 0.1) is 0 Å². The molecule has 0 aromatic heterocycles. The Hall–Kier alpha value is -0.790. The van der Waals surface area contributed by atoms with Crippen molar-refractivity contribution >= 4 is 5.91 Å². The Morgan fingerprint density at radius 2 is 1.95 bits per heavy atom. The largest absolute Gasteiger partial charge is 0.349 e. The van der Waals surface area contributed by atoms with Crippen LogP contribution < -0.4 is 5.32 Å². The SMILES string of the molecule is CC[C@H]1CC[C@H]2[C@@H]3CCC4NC(=O)C=C[C@]4(C)[C@H]3CC[C@]12C. The number of rotatable bonds is 1. The molecule has 3 fully saturated rings. The molecule has 0 saturated heterocycles. The highest BCUT2D eigenvalue weighted by Crippen LogP contribution is 2.65. The van der Waals surface area contributed by atoms with Gasteiger partial charge in [0.2, 0.25) is 5.91 Å². The third-order valence-electron chi connectivity index (χ3n) is 8.38. The summed E-state index contributed by atoms with van der Waals surface area (Å²) in [4.78, 5) is 11.7. The van der Waals surface area contributed by atoms with Crippen LogP contribution in [0, 0.1) is 34.5 Å². The zero-order chi connectivity index (χ0) is 15.5. The minimum absolute atomic E-state index is 0.119. The van der Waals surface area contributed by atoms with Gasteiger partial charge in [-0.2, -0.15) is 0 Å². The third-order valence-corrected chi connectivity index (χ3v) is 8.38. The number of carbonyl (C=O) groups excluding carboxylic acids is 1. The standard InChI is InChI=1S/C20H31NO/c1-4-13-5-7-15-14-6-8-17-20(3,12-10-18(22)21-17)16(14)9-11-19(13,15)2/h10,12-17H,4-9,11H2,1-3H3,(H,21,22)/t13-,14-,15-,16-,17?,19+,20+/m0/s1. The molecule has 0 bridgehead atoms. The molecule has 2 heteroatoms. The minimum atomic E-state index is 0.119. The van der Waals surface area contributed by atoms with Gasteiger partial charge in [-0.15, -0.1) is 0 Å². The van der Waals surface area contributed by atoms with Crippen molar-refractivity contribution in [3.05, 3.63) is 12.2 Å². The molecule has 1 amide bonds. The highest BCUT2D eigenvalue weighted by Gasteiger charge is 2.59. The average Bonchev–Trinajstić information content (AvgIpc) is 2.84. The minimum Gasteiger partial charge on any atom is -0.349 e. The summed E-state index contributed by atoms with van der Waals surface area (Å²) < 4.78 is 0. The van der Waals surface area contributed by atoms with E-state index in [1.54, 1.807) is 6.08 Å². The summed E-state index contributed by atoms with van der Waals surface area (Å²) >= 11 is 0. The third kappa shape index (κ3) is 1.82. The predicted octanol–water partition coefficient (Wildman–Crippen LogP) is 4.31. The summed E-state index contributed by atoms with van der Waals surface area (Å²) in [5.41, 5.74) is 0.795. The van der Waals surface area contributed by atoms with Crippen molar-refractivity contribution in [3.8, 4) is 0 Å². The molecule has 1 aliphatic heterocycles. The first-order valence-corrected chi connectivity index (χ1v) is 9.49. The molecule has 4 aliphatic rings. The van der Waals surface area contributed by atoms with E-state index < -0.39 is 0 Å². The van der Waals surface area contributed by atoms with E-state index >= 15 is 0 Å². The highest BCUT2D eigenvalue weighted by atomic mass is 16.1. The molecule has 3 saturated carbocycles. The second kappa shape index (κ2) is 4.85. The molecule has 1 N–H and O–H groups in total. The van der Waals surface area contributed by atoms with Crippen LogP contribution in [0.25, 0.3) is 0 Å². The topological polar surface area (TPSA) is 29.1 Å². The Morgan fingerprint density at radius 1 is 1.14 bits per heavy atom. The summed E-state index contributed by atoms with van der Waals surface area (Å²) in [5, 5.41) is 3.26. The van der Waals surface area contributed by atoms with E-state index in [2.05, 4.69) is 32.2 Å². The Labute approximate surface area is 135 Å². The number of hydrogen-bond acceptors (Lipinski definition) is 1. The molecule has 122 valence electrons. The van der Waals surface area contributed by atoms with Crippen molar-refractivity contribution in [1.29, 1.82) is 0 Å². The number of fused-ring (bicyclic) bond motifs is 5. The van der Waals surface area contributed by atoms with Gasteiger partial charge < -0.3 is 5.32 Å². The quantitative estimate of drug-likeness (QED) is 0.768. The molecule has 4 rings (SSSR count). The lowest BCUT2D eigenvalue weighted by Gasteiger charge is -2.59. The van der Waals surface area contributed by atoms with Gasteiger partial charge in [-0.05, 0) is 73.7 Å². The van der Waals surface area contributed by atoms with Gasteiger partial charge in [-0.1, -0.05) is 33.3 Å². The van der Waals surface area contributed by atoms with Crippen LogP contribution in [0.5, 0.6) is 0 Å². The van der Waals surface area contributed by atoms with Gasteiger partial charge in [0.15, 0.2) is 0 Å². The monoisotopic (exact) mass is 301 g/mol. The van der Waals surface area contributed by atoms with Crippen molar-refractivity contribution in [3.63, 3.8) is 0 Å². The fourth-order valence-corrected chi connectivity index (χ4v) is 7.11. The first kappa shape index (κ1) is 14.8. The normalized spacial score (nSPS) is 53.4. The molecule has 0 spiro atoms. The predicted molar refractivity (Wildman–Crippen MR) is 89.2 cm³/mol. The molecule has 0 aromatic rings. The molecule has 22 heavy (non-hydrogen) atoms. The van der Waals surface area contributed by atoms with Crippen LogP contribution in [-0.2, 0) is 4.79 Å². The first-order chi connectivity index (χ1) is 10.5.